The van der Waals surface area contributed by atoms with Gasteiger partial charge in [-0.15, -0.1) is 0 Å². The molecule has 0 spiro atoms. The summed E-state index contributed by atoms with van der Waals surface area (Å²) in [7, 11) is 7.41. The maximum atomic E-state index is 9.61. The summed E-state index contributed by atoms with van der Waals surface area (Å²) in [6, 6.07) is 14.9. The van der Waals surface area contributed by atoms with Crippen molar-refractivity contribution in [3.63, 3.8) is 0 Å². The predicted molar refractivity (Wildman–Crippen MR) is 94.9 cm³/mol. The second kappa shape index (κ2) is 6.36. The fourth-order valence-corrected chi connectivity index (χ4v) is 2.60. The third kappa shape index (κ3) is 2.76. The molecule has 112 valence electrons. The molecule has 0 saturated heterocycles. The lowest BCUT2D eigenvalue weighted by Gasteiger charge is -2.06. The molecule has 0 unspecified atom stereocenters. The number of ether oxygens (including phenoxy) is 1. The number of nitrogens with zero attached hydrogens (tertiary/aromatic N) is 2. The van der Waals surface area contributed by atoms with Gasteiger partial charge in [0.25, 0.3) is 0 Å². The molecule has 0 aliphatic heterocycles. The van der Waals surface area contributed by atoms with E-state index >= 15 is 0 Å². The molecule has 0 aliphatic carbocycles. The van der Waals surface area contributed by atoms with Crippen LogP contribution in [0.3, 0.4) is 0 Å². The van der Waals surface area contributed by atoms with Crippen LogP contribution in [0.5, 0.6) is 5.75 Å². The first-order valence-electron chi connectivity index (χ1n) is 7.23. The maximum Gasteiger partial charge on any atom is 0.126 e. The molecule has 0 fully saturated rings. The number of benzene rings is 2. The number of hydrogen-bond donors (Lipinski definition) is 1. The van der Waals surface area contributed by atoms with Crippen LogP contribution in [-0.2, 0) is 0 Å². The zero-order valence-corrected chi connectivity index (χ0v) is 13.0. The highest BCUT2D eigenvalue weighted by atomic mass is 16.5. The number of aromatic nitrogens is 1. The monoisotopic (exact) mass is 309 g/mol. The Kier molecular flexibility index (Phi) is 4.10. The van der Waals surface area contributed by atoms with Crippen molar-refractivity contribution < 1.29 is 4.74 Å². The van der Waals surface area contributed by atoms with Gasteiger partial charge in [0, 0.05) is 28.2 Å². The summed E-state index contributed by atoms with van der Waals surface area (Å²) in [6.07, 6.45) is 3.49. The van der Waals surface area contributed by atoms with E-state index in [0.29, 0.717) is 27.9 Å². The van der Waals surface area contributed by atoms with E-state index in [1.807, 2.05) is 12.1 Å². The predicted octanol–water partition coefficient (Wildman–Crippen LogP) is 2.91. The van der Waals surface area contributed by atoms with Gasteiger partial charge in [-0.25, -0.2) is 0 Å². The lowest BCUT2D eigenvalue weighted by Crippen LogP contribution is -1.99. The van der Waals surface area contributed by atoms with Crippen molar-refractivity contribution >= 4 is 35.9 Å². The van der Waals surface area contributed by atoms with E-state index in [1.54, 1.807) is 43.6 Å². The molecule has 0 bridgehead atoms. The van der Waals surface area contributed by atoms with Crippen molar-refractivity contribution in [1.82, 2.24) is 4.98 Å². The SMILES string of the molecule is [B]c1ccc2[nH]cc(/C(C#N)=C/c3cc(C#N)ccc3OC)c2c1. The Balaban J connectivity index is 2.19. The second-order valence-electron chi connectivity index (χ2n) is 5.25. The normalized spacial score (nSPS) is 11.0. The largest absolute Gasteiger partial charge is 0.496 e. The van der Waals surface area contributed by atoms with Gasteiger partial charge in [-0.2, -0.15) is 10.5 Å². The van der Waals surface area contributed by atoms with Gasteiger partial charge in [-0.05, 0) is 30.3 Å². The molecule has 4 nitrogen and oxygen atoms in total. The van der Waals surface area contributed by atoms with Crippen molar-refractivity contribution in [2.24, 2.45) is 0 Å². The molecular formula is C19H12BN3O. The quantitative estimate of drug-likeness (QED) is 0.597. The number of allylic oxidation sites excluding steroid dienone is 1. The lowest BCUT2D eigenvalue weighted by atomic mass is 9.93. The summed E-state index contributed by atoms with van der Waals surface area (Å²) in [6.45, 7) is 0. The average Bonchev–Trinajstić information content (AvgIpc) is 3.02. The number of nitrogens with one attached hydrogen (secondary N) is 1. The second-order valence-corrected chi connectivity index (χ2v) is 5.25. The molecule has 0 atom stereocenters. The molecule has 2 aromatic carbocycles. The van der Waals surface area contributed by atoms with Gasteiger partial charge in [0.2, 0.25) is 0 Å². The number of aromatic amines is 1. The number of H-pyrrole nitrogens is 1. The van der Waals surface area contributed by atoms with Gasteiger partial charge in [0.05, 0.1) is 30.4 Å². The minimum atomic E-state index is 0.459. The van der Waals surface area contributed by atoms with Crippen molar-refractivity contribution in [2.45, 2.75) is 0 Å². The highest BCUT2D eigenvalue weighted by Crippen LogP contribution is 2.29. The molecule has 3 aromatic rings. The highest BCUT2D eigenvalue weighted by molar-refractivity contribution is 6.33. The molecule has 0 aliphatic rings. The van der Waals surface area contributed by atoms with Gasteiger partial charge in [-0.3, -0.25) is 0 Å². The minimum Gasteiger partial charge on any atom is -0.496 e. The van der Waals surface area contributed by atoms with E-state index in [4.69, 9.17) is 17.8 Å². The lowest BCUT2D eigenvalue weighted by molar-refractivity contribution is 0.414. The molecule has 24 heavy (non-hydrogen) atoms. The Bertz CT molecular complexity index is 1030. The van der Waals surface area contributed by atoms with Crippen LogP contribution in [0.15, 0.2) is 42.6 Å². The standard InChI is InChI=1S/C19H12BN3O/c1-24-19-5-2-12(9-21)6-13(19)7-14(10-22)17-11-23-18-4-3-15(20)8-16(17)18/h2-8,11,23H,1H3/b14-7+. The zero-order valence-electron chi connectivity index (χ0n) is 13.0. The Labute approximate surface area is 141 Å². The first-order chi connectivity index (χ1) is 11.7. The van der Waals surface area contributed by atoms with Gasteiger partial charge >= 0.3 is 0 Å². The summed E-state index contributed by atoms with van der Waals surface area (Å²) in [5, 5.41) is 19.6. The average molecular weight is 309 g/mol. The van der Waals surface area contributed by atoms with Crippen LogP contribution in [0, 0.1) is 22.7 Å². The van der Waals surface area contributed by atoms with Crippen molar-refractivity contribution in [3.8, 4) is 17.9 Å². The first-order valence-corrected chi connectivity index (χ1v) is 7.23. The Morgan fingerprint density at radius 1 is 1.21 bits per heavy atom. The Morgan fingerprint density at radius 3 is 2.75 bits per heavy atom. The van der Waals surface area contributed by atoms with E-state index in [0.717, 1.165) is 16.5 Å². The van der Waals surface area contributed by atoms with Crippen LogP contribution in [0.2, 0.25) is 0 Å². The molecule has 1 aromatic heterocycles. The summed E-state index contributed by atoms with van der Waals surface area (Å²) in [4.78, 5) is 3.14. The summed E-state index contributed by atoms with van der Waals surface area (Å²) < 4.78 is 5.32. The molecule has 3 rings (SSSR count). The van der Waals surface area contributed by atoms with Gasteiger partial charge in [0.15, 0.2) is 0 Å². The molecule has 2 radical (unpaired) electrons. The fourth-order valence-electron chi connectivity index (χ4n) is 2.60. The Morgan fingerprint density at radius 2 is 2.04 bits per heavy atom. The van der Waals surface area contributed by atoms with E-state index in [1.165, 1.54) is 0 Å². The number of hydrogen-bond acceptors (Lipinski definition) is 3. The van der Waals surface area contributed by atoms with E-state index in [9.17, 15) is 5.26 Å². The first kappa shape index (κ1) is 15.5. The minimum absolute atomic E-state index is 0.459. The van der Waals surface area contributed by atoms with Crippen LogP contribution >= 0.6 is 0 Å². The fraction of sp³-hybridized carbons (Fsp3) is 0.0526. The number of rotatable bonds is 3. The number of methoxy groups -OCH3 is 1. The molecule has 5 heteroatoms. The van der Waals surface area contributed by atoms with Crippen molar-refractivity contribution in [3.05, 3.63) is 59.3 Å². The van der Waals surface area contributed by atoms with Crippen molar-refractivity contribution in [2.75, 3.05) is 7.11 Å². The van der Waals surface area contributed by atoms with Crippen LogP contribution in [0.25, 0.3) is 22.6 Å². The van der Waals surface area contributed by atoms with Crippen LogP contribution in [0.4, 0.5) is 0 Å². The molecule has 1 heterocycles. The van der Waals surface area contributed by atoms with Crippen LogP contribution < -0.4 is 10.2 Å². The zero-order chi connectivity index (χ0) is 17.1. The smallest absolute Gasteiger partial charge is 0.126 e. The van der Waals surface area contributed by atoms with Gasteiger partial charge in [-0.1, -0.05) is 17.6 Å². The van der Waals surface area contributed by atoms with Crippen LogP contribution in [-0.4, -0.2) is 19.9 Å². The maximum absolute atomic E-state index is 9.61. The topological polar surface area (TPSA) is 72.6 Å². The van der Waals surface area contributed by atoms with Gasteiger partial charge in [0.1, 0.15) is 13.6 Å². The summed E-state index contributed by atoms with van der Waals surface area (Å²) in [5.74, 6) is 0.598. The van der Waals surface area contributed by atoms with Crippen LogP contribution in [0.1, 0.15) is 16.7 Å². The van der Waals surface area contributed by atoms with Gasteiger partial charge < -0.3 is 9.72 Å². The van der Waals surface area contributed by atoms with E-state index < -0.39 is 0 Å². The van der Waals surface area contributed by atoms with E-state index in [-0.39, 0.29) is 0 Å². The molecule has 1 N–H and O–H groups in total. The third-order valence-electron chi connectivity index (χ3n) is 3.78. The number of fused-ring (bicyclic) bond motifs is 1. The number of nitriles is 2. The molecule has 0 amide bonds. The summed E-state index contributed by atoms with van der Waals surface area (Å²) in [5.41, 5.74) is 3.92. The molecule has 0 saturated carbocycles. The highest BCUT2D eigenvalue weighted by Gasteiger charge is 2.11. The molecular weight excluding hydrogens is 297 g/mol. The van der Waals surface area contributed by atoms with E-state index in [2.05, 4.69) is 17.1 Å². The van der Waals surface area contributed by atoms with Crippen molar-refractivity contribution in [1.29, 1.82) is 10.5 Å². The third-order valence-corrected chi connectivity index (χ3v) is 3.78. The summed E-state index contributed by atoms with van der Waals surface area (Å²) >= 11 is 0. The Hall–Kier alpha value is -3.44.